The van der Waals surface area contributed by atoms with Gasteiger partial charge in [0.25, 0.3) is 0 Å². The van der Waals surface area contributed by atoms with Crippen LogP contribution in [0.3, 0.4) is 0 Å². The molecule has 0 aliphatic carbocycles. The fourth-order valence-electron chi connectivity index (χ4n) is 2.89. The van der Waals surface area contributed by atoms with E-state index in [0.29, 0.717) is 19.7 Å². The molecular formula is C17H26N2O3. The molecule has 0 saturated carbocycles. The van der Waals surface area contributed by atoms with E-state index in [9.17, 15) is 9.90 Å². The second-order valence-corrected chi connectivity index (χ2v) is 5.98. The Morgan fingerprint density at radius 2 is 2.14 bits per heavy atom. The number of ether oxygens (including phenoxy) is 1. The van der Waals surface area contributed by atoms with Crippen molar-refractivity contribution in [2.24, 2.45) is 0 Å². The Morgan fingerprint density at radius 3 is 2.82 bits per heavy atom. The van der Waals surface area contributed by atoms with Crippen LogP contribution in [0.5, 0.6) is 0 Å². The maximum atomic E-state index is 12.1. The molecule has 0 bridgehead atoms. The molecular weight excluding hydrogens is 280 g/mol. The first-order chi connectivity index (χ1) is 10.6. The van der Waals surface area contributed by atoms with Gasteiger partial charge in [0.2, 0.25) is 5.91 Å². The van der Waals surface area contributed by atoms with E-state index in [4.69, 9.17) is 4.74 Å². The zero-order valence-electron chi connectivity index (χ0n) is 13.4. The summed E-state index contributed by atoms with van der Waals surface area (Å²) in [5, 5.41) is 12.6. The second kappa shape index (κ2) is 8.27. The van der Waals surface area contributed by atoms with Gasteiger partial charge in [0, 0.05) is 26.2 Å². The Kier molecular flexibility index (Phi) is 6.36. The van der Waals surface area contributed by atoms with Crippen LogP contribution in [0, 0.1) is 0 Å². The molecule has 1 heterocycles. The van der Waals surface area contributed by atoms with Crippen LogP contribution in [-0.2, 0) is 22.7 Å². The number of carbonyl (C=O) groups is 1. The summed E-state index contributed by atoms with van der Waals surface area (Å²) in [6.45, 7) is 4.29. The normalized spacial score (nSPS) is 22.5. The largest absolute Gasteiger partial charge is 0.393 e. The highest BCUT2D eigenvalue weighted by atomic mass is 16.5. The summed E-state index contributed by atoms with van der Waals surface area (Å²) >= 11 is 0. The molecule has 5 nitrogen and oxygen atoms in total. The first-order valence-electron chi connectivity index (χ1n) is 7.84. The molecule has 0 aromatic heterocycles. The van der Waals surface area contributed by atoms with Crippen LogP contribution in [0.1, 0.15) is 30.9 Å². The number of hydrogen-bond donors (Lipinski definition) is 2. The van der Waals surface area contributed by atoms with Gasteiger partial charge in [-0.15, -0.1) is 0 Å². The third-order valence-corrected chi connectivity index (χ3v) is 4.23. The van der Waals surface area contributed by atoms with Gasteiger partial charge in [0.05, 0.1) is 19.3 Å². The number of aliphatic hydroxyl groups excluding tert-OH is 1. The molecule has 2 N–H and O–H groups in total. The minimum absolute atomic E-state index is 0.0236. The van der Waals surface area contributed by atoms with Crippen molar-refractivity contribution in [1.82, 2.24) is 10.2 Å². The van der Waals surface area contributed by atoms with E-state index in [1.807, 2.05) is 24.3 Å². The molecule has 22 heavy (non-hydrogen) atoms. The lowest BCUT2D eigenvalue weighted by molar-refractivity contribution is -0.123. The van der Waals surface area contributed by atoms with Crippen molar-refractivity contribution in [3.8, 4) is 0 Å². The number of piperidine rings is 1. The summed E-state index contributed by atoms with van der Waals surface area (Å²) < 4.78 is 5.18. The average molecular weight is 306 g/mol. The van der Waals surface area contributed by atoms with Gasteiger partial charge in [0.15, 0.2) is 0 Å². The Bertz CT molecular complexity index is 493. The van der Waals surface area contributed by atoms with Crippen molar-refractivity contribution in [2.45, 2.75) is 45.1 Å². The summed E-state index contributed by atoms with van der Waals surface area (Å²) in [5.74, 6) is 0.0236. The Balaban J connectivity index is 1.83. The van der Waals surface area contributed by atoms with Crippen molar-refractivity contribution in [3.63, 3.8) is 0 Å². The third kappa shape index (κ3) is 4.80. The molecule has 1 amide bonds. The summed E-state index contributed by atoms with van der Waals surface area (Å²) in [4.78, 5) is 14.3. The predicted octanol–water partition coefficient (Wildman–Crippen LogP) is 1.29. The number of aliphatic hydroxyl groups is 1. The highest BCUT2D eigenvalue weighted by Gasteiger charge is 2.25. The lowest BCUT2D eigenvalue weighted by Gasteiger charge is -2.35. The monoisotopic (exact) mass is 306 g/mol. The molecule has 2 atom stereocenters. The zero-order chi connectivity index (χ0) is 15.9. The maximum absolute atomic E-state index is 12.1. The Hall–Kier alpha value is -1.43. The third-order valence-electron chi connectivity index (χ3n) is 4.23. The average Bonchev–Trinajstić information content (AvgIpc) is 2.49. The minimum atomic E-state index is -0.227. The van der Waals surface area contributed by atoms with Gasteiger partial charge in [-0.1, -0.05) is 24.3 Å². The molecule has 2 rings (SSSR count). The van der Waals surface area contributed by atoms with Crippen molar-refractivity contribution < 1.29 is 14.6 Å². The van der Waals surface area contributed by atoms with E-state index in [1.165, 1.54) is 0 Å². The van der Waals surface area contributed by atoms with Crippen molar-refractivity contribution in [2.75, 3.05) is 20.2 Å². The standard InChI is InChI=1S/C17H26N2O3/c1-13-9-16(20)7-8-19(13)11-17(21)18-10-14-5-3-4-6-15(14)12-22-2/h3-6,13,16,20H,7-12H2,1-2H3,(H,18,21)/t13-,16+/m1/s1. The molecule has 0 radical (unpaired) electrons. The fourth-order valence-corrected chi connectivity index (χ4v) is 2.89. The highest BCUT2D eigenvalue weighted by molar-refractivity contribution is 5.78. The van der Waals surface area contributed by atoms with Gasteiger partial charge in [-0.25, -0.2) is 0 Å². The molecule has 1 saturated heterocycles. The highest BCUT2D eigenvalue weighted by Crippen LogP contribution is 2.16. The lowest BCUT2D eigenvalue weighted by atomic mass is 10.0. The predicted molar refractivity (Wildman–Crippen MR) is 85.3 cm³/mol. The van der Waals surface area contributed by atoms with Crippen LogP contribution < -0.4 is 5.32 Å². The van der Waals surface area contributed by atoms with Crippen LogP contribution in [0.2, 0.25) is 0 Å². The van der Waals surface area contributed by atoms with E-state index >= 15 is 0 Å². The number of amides is 1. The van der Waals surface area contributed by atoms with Crippen molar-refractivity contribution in [1.29, 1.82) is 0 Å². The fraction of sp³-hybridized carbons (Fsp3) is 0.588. The van der Waals surface area contributed by atoms with Gasteiger partial charge in [0.1, 0.15) is 0 Å². The van der Waals surface area contributed by atoms with Crippen molar-refractivity contribution >= 4 is 5.91 Å². The number of likely N-dealkylation sites (tertiary alicyclic amines) is 1. The van der Waals surface area contributed by atoms with E-state index in [1.54, 1.807) is 7.11 Å². The molecule has 5 heteroatoms. The molecule has 1 aromatic rings. The van der Waals surface area contributed by atoms with E-state index in [2.05, 4.69) is 17.1 Å². The van der Waals surface area contributed by atoms with Gasteiger partial charge in [-0.3, -0.25) is 9.69 Å². The van der Waals surface area contributed by atoms with Gasteiger partial charge in [-0.2, -0.15) is 0 Å². The number of carbonyl (C=O) groups excluding carboxylic acids is 1. The minimum Gasteiger partial charge on any atom is -0.393 e. The number of nitrogens with zero attached hydrogens (tertiary/aromatic N) is 1. The second-order valence-electron chi connectivity index (χ2n) is 5.98. The van der Waals surface area contributed by atoms with Crippen LogP contribution >= 0.6 is 0 Å². The first kappa shape index (κ1) is 16.9. The molecule has 0 spiro atoms. The van der Waals surface area contributed by atoms with Crippen molar-refractivity contribution in [3.05, 3.63) is 35.4 Å². The van der Waals surface area contributed by atoms with Crippen LogP contribution in [0.4, 0.5) is 0 Å². The molecule has 1 aromatic carbocycles. The van der Waals surface area contributed by atoms with Gasteiger partial charge < -0.3 is 15.2 Å². The van der Waals surface area contributed by atoms with Crippen LogP contribution in [-0.4, -0.2) is 48.3 Å². The lowest BCUT2D eigenvalue weighted by Crippen LogP contribution is -2.47. The van der Waals surface area contributed by atoms with E-state index < -0.39 is 0 Å². The smallest absolute Gasteiger partial charge is 0.234 e. The van der Waals surface area contributed by atoms with Gasteiger partial charge in [-0.05, 0) is 30.9 Å². The molecule has 122 valence electrons. The summed E-state index contributed by atoms with van der Waals surface area (Å²) in [7, 11) is 1.67. The Morgan fingerprint density at radius 1 is 1.41 bits per heavy atom. The molecule has 0 unspecified atom stereocenters. The number of hydrogen-bond acceptors (Lipinski definition) is 4. The number of nitrogens with one attached hydrogen (secondary N) is 1. The SMILES string of the molecule is COCc1ccccc1CNC(=O)CN1CC[C@H](O)C[C@H]1C. The van der Waals surface area contributed by atoms with E-state index in [-0.39, 0.29) is 18.1 Å². The number of benzene rings is 1. The summed E-state index contributed by atoms with van der Waals surface area (Å²) in [6, 6.07) is 8.21. The zero-order valence-corrected chi connectivity index (χ0v) is 13.4. The first-order valence-corrected chi connectivity index (χ1v) is 7.84. The maximum Gasteiger partial charge on any atom is 0.234 e. The number of methoxy groups -OCH3 is 1. The van der Waals surface area contributed by atoms with Gasteiger partial charge >= 0.3 is 0 Å². The quantitative estimate of drug-likeness (QED) is 0.831. The Labute approximate surface area is 132 Å². The topological polar surface area (TPSA) is 61.8 Å². The summed E-state index contributed by atoms with van der Waals surface area (Å²) in [5.41, 5.74) is 2.18. The summed E-state index contributed by atoms with van der Waals surface area (Å²) in [6.07, 6.45) is 1.26. The van der Waals surface area contributed by atoms with Crippen LogP contribution in [0.15, 0.2) is 24.3 Å². The molecule has 1 aliphatic heterocycles. The molecule has 1 aliphatic rings. The molecule has 1 fully saturated rings. The van der Waals surface area contributed by atoms with E-state index in [0.717, 1.165) is 30.5 Å². The number of rotatable bonds is 6. The van der Waals surface area contributed by atoms with Crippen LogP contribution in [0.25, 0.3) is 0 Å².